The van der Waals surface area contributed by atoms with Gasteiger partial charge in [0.15, 0.2) is 0 Å². The highest BCUT2D eigenvalue weighted by Gasteiger charge is 2.45. The molecular formula is C16H17BrF2N6O. The lowest BCUT2D eigenvalue weighted by molar-refractivity contribution is -0.0794. The van der Waals surface area contributed by atoms with Crippen molar-refractivity contribution < 1.29 is 8.78 Å². The molecule has 7 nitrogen and oxygen atoms in total. The Balaban J connectivity index is 1.84. The standard InChI is InChI=1S/C16H17BrF2N6O/c1-7-10(12(20)13(21)15(22-7)25-26)4-8-2-3-11(17)14(23-8)24-9-5-16(18,19)6-9/h2-3,9H,4-6,21H2,1H3,(H2,20,22)(H,23,24). The van der Waals surface area contributed by atoms with E-state index in [1.54, 1.807) is 19.1 Å². The van der Waals surface area contributed by atoms with Crippen molar-refractivity contribution in [1.29, 1.82) is 0 Å². The number of nitrogens with two attached hydrogens (primary N) is 2. The molecule has 5 N–H and O–H groups in total. The first-order valence-electron chi connectivity index (χ1n) is 7.87. The second-order valence-electron chi connectivity index (χ2n) is 6.33. The van der Waals surface area contributed by atoms with Crippen LogP contribution in [-0.2, 0) is 6.42 Å². The molecule has 26 heavy (non-hydrogen) atoms. The largest absolute Gasteiger partial charge is 0.397 e. The first-order chi connectivity index (χ1) is 12.2. The van der Waals surface area contributed by atoms with E-state index in [4.69, 9.17) is 11.5 Å². The van der Waals surface area contributed by atoms with E-state index in [9.17, 15) is 13.7 Å². The van der Waals surface area contributed by atoms with E-state index in [1.807, 2.05) is 0 Å². The van der Waals surface area contributed by atoms with Crippen LogP contribution < -0.4 is 16.8 Å². The van der Waals surface area contributed by atoms with Gasteiger partial charge in [-0.2, -0.15) is 0 Å². The van der Waals surface area contributed by atoms with E-state index in [0.717, 1.165) is 0 Å². The molecule has 0 aromatic carbocycles. The summed E-state index contributed by atoms with van der Waals surface area (Å²) in [5.74, 6) is -2.25. The molecule has 0 unspecified atom stereocenters. The number of aromatic nitrogens is 2. The van der Waals surface area contributed by atoms with Gasteiger partial charge < -0.3 is 16.8 Å². The Labute approximate surface area is 156 Å². The number of nitrogen functional groups attached to an aromatic ring is 2. The minimum atomic E-state index is -2.61. The van der Waals surface area contributed by atoms with E-state index in [0.29, 0.717) is 33.7 Å². The molecule has 2 aromatic heterocycles. The summed E-state index contributed by atoms with van der Waals surface area (Å²) in [6, 6.07) is 3.25. The van der Waals surface area contributed by atoms with Crippen molar-refractivity contribution in [2.45, 2.75) is 38.2 Å². The molecule has 0 bridgehead atoms. The normalized spacial score (nSPS) is 16.2. The van der Waals surface area contributed by atoms with E-state index in [2.05, 4.69) is 36.4 Å². The fraction of sp³-hybridized carbons (Fsp3) is 0.375. The van der Waals surface area contributed by atoms with Gasteiger partial charge in [-0.05, 0) is 40.2 Å². The first kappa shape index (κ1) is 18.4. The molecule has 1 aliphatic rings. The van der Waals surface area contributed by atoms with Gasteiger partial charge in [0.05, 0.1) is 10.2 Å². The van der Waals surface area contributed by atoms with Gasteiger partial charge in [0, 0.05) is 42.3 Å². The quantitative estimate of drug-likeness (QED) is 0.623. The lowest BCUT2D eigenvalue weighted by Gasteiger charge is -2.35. The molecule has 2 heterocycles. The molecule has 1 aliphatic carbocycles. The van der Waals surface area contributed by atoms with Gasteiger partial charge in [0.2, 0.25) is 5.82 Å². The van der Waals surface area contributed by atoms with E-state index < -0.39 is 5.92 Å². The van der Waals surface area contributed by atoms with Crippen LogP contribution in [0.3, 0.4) is 0 Å². The molecule has 0 radical (unpaired) electrons. The van der Waals surface area contributed by atoms with Crippen LogP contribution in [0.25, 0.3) is 0 Å². The zero-order valence-electron chi connectivity index (χ0n) is 13.9. The van der Waals surface area contributed by atoms with Crippen LogP contribution in [0.5, 0.6) is 0 Å². The molecule has 3 rings (SSSR count). The Kier molecular flexibility index (Phi) is 4.78. The molecule has 10 heteroatoms. The van der Waals surface area contributed by atoms with Gasteiger partial charge in [-0.1, -0.05) is 0 Å². The van der Waals surface area contributed by atoms with Crippen molar-refractivity contribution in [3.63, 3.8) is 0 Å². The summed E-state index contributed by atoms with van der Waals surface area (Å²) in [6.07, 6.45) is -0.0905. The Morgan fingerprint density at radius 3 is 2.62 bits per heavy atom. The van der Waals surface area contributed by atoms with Gasteiger partial charge in [0.25, 0.3) is 5.92 Å². The van der Waals surface area contributed by atoms with Crippen LogP contribution in [-0.4, -0.2) is 21.9 Å². The number of aryl methyl sites for hydroxylation is 1. The molecule has 0 spiro atoms. The lowest BCUT2D eigenvalue weighted by Crippen LogP contribution is -2.44. The van der Waals surface area contributed by atoms with Crippen LogP contribution >= 0.6 is 15.9 Å². The second kappa shape index (κ2) is 6.75. The summed E-state index contributed by atoms with van der Waals surface area (Å²) in [5.41, 5.74) is 13.9. The lowest BCUT2D eigenvalue weighted by atomic mass is 9.88. The number of hydrogen-bond acceptors (Lipinski definition) is 7. The first-order valence-corrected chi connectivity index (χ1v) is 8.67. The van der Waals surface area contributed by atoms with Crippen LogP contribution in [0, 0.1) is 11.8 Å². The zero-order valence-corrected chi connectivity index (χ0v) is 15.5. The number of anilines is 3. The monoisotopic (exact) mass is 426 g/mol. The predicted octanol–water partition coefficient (Wildman–Crippen LogP) is 3.91. The molecule has 0 aliphatic heterocycles. The van der Waals surface area contributed by atoms with Crippen LogP contribution in [0.4, 0.5) is 31.8 Å². The minimum Gasteiger partial charge on any atom is -0.397 e. The molecule has 1 fully saturated rings. The van der Waals surface area contributed by atoms with E-state index in [1.165, 1.54) is 0 Å². The van der Waals surface area contributed by atoms with E-state index in [-0.39, 0.29) is 36.1 Å². The highest BCUT2D eigenvalue weighted by Crippen LogP contribution is 2.39. The van der Waals surface area contributed by atoms with Gasteiger partial charge in [-0.3, -0.25) is 0 Å². The molecular weight excluding hydrogens is 410 g/mol. The predicted molar refractivity (Wildman–Crippen MR) is 99.6 cm³/mol. The van der Waals surface area contributed by atoms with Gasteiger partial charge in [-0.15, -0.1) is 4.91 Å². The number of rotatable bonds is 5. The fourth-order valence-corrected chi connectivity index (χ4v) is 3.21. The highest BCUT2D eigenvalue weighted by atomic mass is 79.9. The molecule has 2 aromatic rings. The minimum absolute atomic E-state index is 0.0350. The number of hydrogen-bond donors (Lipinski definition) is 3. The van der Waals surface area contributed by atoms with E-state index >= 15 is 0 Å². The van der Waals surface area contributed by atoms with Crippen LogP contribution in [0.15, 0.2) is 21.8 Å². The SMILES string of the molecule is Cc1nc(N=O)c(N)c(N)c1Cc1ccc(Br)c(NC2CC(F)(F)C2)n1. The summed E-state index contributed by atoms with van der Waals surface area (Å²) in [5, 5.41) is 5.79. The summed E-state index contributed by atoms with van der Waals surface area (Å²) >= 11 is 3.37. The highest BCUT2D eigenvalue weighted by molar-refractivity contribution is 9.10. The fourth-order valence-electron chi connectivity index (χ4n) is 2.88. The zero-order chi connectivity index (χ0) is 19.1. The van der Waals surface area contributed by atoms with Crippen molar-refractivity contribution in [1.82, 2.24) is 9.97 Å². The van der Waals surface area contributed by atoms with Gasteiger partial charge >= 0.3 is 0 Å². The molecule has 1 saturated carbocycles. The molecule has 0 atom stereocenters. The number of nitroso groups, excluding NO2 is 1. The Morgan fingerprint density at radius 2 is 2.00 bits per heavy atom. The topological polar surface area (TPSA) is 119 Å². The molecule has 0 saturated heterocycles. The van der Waals surface area contributed by atoms with Crippen molar-refractivity contribution in [3.8, 4) is 0 Å². The maximum Gasteiger partial charge on any atom is 0.252 e. The van der Waals surface area contributed by atoms with Crippen molar-refractivity contribution in [3.05, 3.63) is 38.5 Å². The number of nitrogens with one attached hydrogen (secondary N) is 1. The van der Waals surface area contributed by atoms with Crippen molar-refractivity contribution in [2.24, 2.45) is 5.18 Å². The third kappa shape index (κ3) is 3.59. The number of alkyl halides is 2. The smallest absolute Gasteiger partial charge is 0.252 e. The Hall–Kier alpha value is -2.36. The van der Waals surface area contributed by atoms with Crippen LogP contribution in [0.2, 0.25) is 0 Å². The number of halogens is 3. The Bertz CT molecular complexity index is 868. The third-order valence-electron chi connectivity index (χ3n) is 4.35. The summed E-state index contributed by atoms with van der Waals surface area (Å²) < 4.78 is 26.7. The molecule has 138 valence electrons. The average molecular weight is 427 g/mol. The van der Waals surface area contributed by atoms with Crippen molar-refractivity contribution in [2.75, 3.05) is 16.8 Å². The van der Waals surface area contributed by atoms with Gasteiger partial charge in [-0.25, -0.2) is 18.7 Å². The maximum atomic E-state index is 13.0. The number of nitrogens with zero attached hydrogens (tertiary/aromatic N) is 3. The third-order valence-corrected chi connectivity index (χ3v) is 4.99. The maximum absolute atomic E-state index is 13.0. The second-order valence-corrected chi connectivity index (χ2v) is 7.19. The summed E-state index contributed by atoms with van der Waals surface area (Å²) in [6.45, 7) is 1.70. The summed E-state index contributed by atoms with van der Waals surface area (Å²) in [7, 11) is 0. The van der Waals surface area contributed by atoms with Crippen molar-refractivity contribution >= 4 is 38.9 Å². The Morgan fingerprint density at radius 1 is 1.31 bits per heavy atom. The average Bonchev–Trinajstić information content (AvgIpc) is 2.56. The summed E-state index contributed by atoms with van der Waals surface area (Å²) in [4.78, 5) is 19.3. The molecule has 0 amide bonds. The number of pyridine rings is 2. The van der Waals surface area contributed by atoms with Crippen LogP contribution in [0.1, 0.15) is 29.8 Å². The van der Waals surface area contributed by atoms with Gasteiger partial charge in [0.1, 0.15) is 11.5 Å².